The van der Waals surface area contributed by atoms with Crippen molar-refractivity contribution >= 4 is 0 Å². The predicted octanol–water partition coefficient (Wildman–Crippen LogP) is 3.02. The maximum atomic E-state index is 9.49. The summed E-state index contributed by atoms with van der Waals surface area (Å²) in [5.74, 6) is 0.737. The monoisotopic (exact) mass is 258 g/mol. The Kier molecular flexibility index (Phi) is 4.44. The molecule has 1 aliphatic rings. The summed E-state index contributed by atoms with van der Waals surface area (Å²) in [6, 6.07) is 6.59. The van der Waals surface area contributed by atoms with Gasteiger partial charge in [-0.25, -0.2) is 0 Å². The maximum Gasteiger partial charge on any atom is 0.123 e. The van der Waals surface area contributed by atoms with E-state index in [9.17, 15) is 5.26 Å². The third kappa shape index (κ3) is 3.08. The minimum atomic E-state index is -0.104. The van der Waals surface area contributed by atoms with Gasteiger partial charge in [0.25, 0.3) is 0 Å². The Bertz CT molecular complexity index is 484. The fourth-order valence-corrected chi connectivity index (χ4v) is 2.69. The molecular formula is C16H22N2O. The summed E-state index contributed by atoms with van der Waals surface area (Å²) in [6.07, 6.45) is 2.50. The van der Waals surface area contributed by atoms with Crippen molar-refractivity contribution in [3.05, 3.63) is 28.8 Å². The van der Waals surface area contributed by atoms with E-state index < -0.39 is 0 Å². The zero-order chi connectivity index (χ0) is 13.8. The number of nitrogens with zero attached hydrogens (tertiary/aromatic N) is 2. The van der Waals surface area contributed by atoms with Crippen molar-refractivity contribution in [2.24, 2.45) is 0 Å². The van der Waals surface area contributed by atoms with E-state index >= 15 is 0 Å². The van der Waals surface area contributed by atoms with Gasteiger partial charge in [-0.2, -0.15) is 5.26 Å². The molecule has 1 aromatic carbocycles. The Labute approximate surface area is 115 Å². The molecule has 0 aliphatic carbocycles. The zero-order valence-electron chi connectivity index (χ0n) is 12.1. The number of likely N-dealkylation sites (tertiary alicyclic amines) is 1. The molecule has 0 spiro atoms. The van der Waals surface area contributed by atoms with Crippen LogP contribution < -0.4 is 4.74 Å². The summed E-state index contributed by atoms with van der Waals surface area (Å²) in [5, 5.41) is 9.49. The van der Waals surface area contributed by atoms with Crippen LogP contribution in [0.3, 0.4) is 0 Å². The fraction of sp³-hybridized carbons (Fsp3) is 0.562. The second kappa shape index (κ2) is 6.08. The highest BCUT2D eigenvalue weighted by molar-refractivity contribution is 5.45. The molecule has 0 radical (unpaired) electrons. The number of hydrogen-bond acceptors (Lipinski definition) is 3. The summed E-state index contributed by atoms with van der Waals surface area (Å²) in [5.41, 5.74) is 3.45. The summed E-state index contributed by atoms with van der Waals surface area (Å²) in [4.78, 5) is 2.38. The van der Waals surface area contributed by atoms with Gasteiger partial charge in [0.15, 0.2) is 0 Å². The number of hydrogen-bond donors (Lipinski definition) is 0. The lowest BCUT2D eigenvalue weighted by molar-refractivity contribution is 0.327. The molecular weight excluding hydrogens is 236 g/mol. The van der Waals surface area contributed by atoms with Crippen LogP contribution in [-0.4, -0.2) is 31.6 Å². The van der Waals surface area contributed by atoms with Gasteiger partial charge in [0.2, 0.25) is 0 Å². The average molecular weight is 258 g/mol. The first-order valence-electron chi connectivity index (χ1n) is 6.92. The normalized spacial score (nSPS) is 17.2. The molecule has 0 saturated carbocycles. The molecule has 1 aliphatic heterocycles. The number of rotatable bonds is 4. The van der Waals surface area contributed by atoms with Crippen LogP contribution in [0.5, 0.6) is 5.75 Å². The van der Waals surface area contributed by atoms with Crippen molar-refractivity contribution in [2.75, 3.05) is 26.7 Å². The van der Waals surface area contributed by atoms with Gasteiger partial charge in [-0.05, 0) is 57.0 Å². The largest absolute Gasteiger partial charge is 0.496 e. The van der Waals surface area contributed by atoms with Crippen molar-refractivity contribution in [3.63, 3.8) is 0 Å². The second-order valence-corrected chi connectivity index (χ2v) is 5.37. The molecule has 1 atom stereocenters. The van der Waals surface area contributed by atoms with Gasteiger partial charge in [0, 0.05) is 12.1 Å². The van der Waals surface area contributed by atoms with Crippen LogP contribution >= 0.6 is 0 Å². The van der Waals surface area contributed by atoms with Crippen LogP contribution in [-0.2, 0) is 0 Å². The first-order valence-corrected chi connectivity index (χ1v) is 6.92. The van der Waals surface area contributed by atoms with Crippen LogP contribution in [0.4, 0.5) is 0 Å². The lowest BCUT2D eigenvalue weighted by Crippen LogP contribution is -2.25. The van der Waals surface area contributed by atoms with E-state index in [2.05, 4.69) is 30.9 Å². The van der Waals surface area contributed by atoms with Crippen LogP contribution in [0.2, 0.25) is 0 Å². The lowest BCUT2D eigenvalue weighted by atomic mass is 9.95. The molecule has 1 fully saturated rings. The van der Waals surface area contributed by atoms with E-state index in [0.29, 0.717) is 0 Å². The molecule has 102 valence electrons. The third-order valence-corrected chi connectivity index (χ3v) is 4.02. The summed E-state index contributed by atoms with van der Waals surface area (Å²) in [6.45, 7) is 7.21. The van der Waals surface area contributed by atoms with Gasteiger partial charge in [0.05, 0.1) is 19.1 Å². The molecule has 19 heavy (non-hydrogen) atoms. The Hall–Kier alpha value is -1.53. The van der Waals surface area contributed by atoms with Crippen LogP contribution in [0.15, 0.2) is 12.1 Å². The van der Waals surface area contributed by atoms with Crippen LogP contribution in [0.25, 0.3) is 0 Å². The molecule has 3 heteroatoms. The van der Waals surface area contributed by atoms with Crippen molar-refractivity contribution < 1.29 is 4.74 Å². The first-order chi connectivity index (χ1) is 9.15. The fourth-order valence-electron chi connectivity index (χ4n) is 2.69. The van der Waals surface area contributed by atoms with Crippen molar-refractivity contribution in [3.8, 4) is 11.8 Å². The minimum absolute atomic E-state index is 0.104. The van der Waals surface area contributed by atoms with E-state index in [1.807, 2.05) is 6.07 Å². The highest BCUT2D eigenvalue weighted by Crippen LogP contribution is 2.30. The van der Waals surface area contributed by atoms with Crippen molar-refractivity contribution in [2.45, 2.75) is 32.6 Å². The number of methoxy groups -OCH3 is 1. The van der Waals surface area contributed by atoms with Gasteiger partial charge in [-0.15, -0.1) is 0 Å². The molecule has 1 heterocycles. The smallest absolute Gasteiger partial charge is 0.123 e. The Morgan fingerprint density at radius 2 is 1.89 bits per heavy atom. The Morgan fingerprint density at radius 1 is 1.26 bits per heavy atom. The zero-order valence-corrected chi connectivity index (χ0v) is 12.1. The molecule has 1 unspecified atom stereocenters. The summed E-state index contributed by atoms with van der Waals surface area (Å²) >= 11 is 0. The Balaban J connectivity index is 2.26. The second-order valence-electron chi connectivity index (χ2n) is 5.37. The molecule has 1 saturated heterocycles. The van der Waals surface area contributed by atoms with Crippen LogP contribution in [0.1, 0.15) is 35.4 Å². The molecule has 2 rings (SSSR count). The van der Waals surface area contributed by atoms with Gasteiger partial charge >= 0.3 is 0 Å². The number of ether oxygens (including phenoxy) is 1. The molecule has 0 amide bonds. The SMILES string of the molecule is COc1cc(C)c(C)cc1C(C#N)CN1CCCC1. The van der Waals surface area contributed by atoms with Gasteiger partial charge < -0.3 is 9.64 Å². The van der Waals surface area contributed by atoms with Crippen molar-refractivity contribution in [1.29, 1.82) is 5.26 Å². The topological polar surface area (TPSA) is 36.3 Å². The predicted molar refractivity (Wildman–Crippen MR) is 76.5 cm³/mol. The summed E-state index contributed by atoms with van der Waals surface area (Å²) in [7, 11) is 1.68. The van der Waals surface area contributed by atoms with Crippen LogP contribution in [0, 0.1) is 25.2 Å². The molecule has 0 N–H and O–H groups in total. The van der Waals surface area contributed by atoms with E-state index in [0.717, 1.165) is 30.9 Å². The molecule has 0 bridgehead atoms. The average Bonchev–Trinajstić information content (AvgIpc) is 2.91. The van der Waals surface area contributed by atoms with Crippen molar-refractivity contribution in [1.82, 2.24) is 4.90 Å². The van der Waals surface area contributed by atoms with E-state index in [1.165, 1.54) is 24.0 Å². The highest BCUT2D eigenvalue weighted by atomic mass is 16.5. The molecule has 0 aromatic heterocycles. The van der Waals surface area contributed by atoms with Gasteiger partial charge in [0.1, 0.15) is 5.75 Å². The number of aryl methyl sites for hydroxylation is 2. The number of benzene rings is 1. The first kappa shape index (κ1) is 13.9. The van der Waals surface area contributed by atoms with E-state index in [4.69, 9.17) is 4.74 Å². The molecule has 3 nitrogen and oxygen atoms in total. The standard InChI is InChI=1S/C16H22N2O/c1-12-8-15(16(19-3)9-13(12)2)14(10-17)11-18-6-4-5-7-18/h8-9,14H,4-7,11H2,1-3H3. The minimum Gasteiger partial charge on any atom is -0.496 e. The van der Waals surface area contributed by atoms with Gasteiger partial charge in [-0.1, -0.05) is 6.07 Å². The maximum absolute atomic E-state index is 9.49. The molecule has 1 aromatic rings. The van der Waals surface area contributed by atoms with Gasteiger partial charge in [-0.3, -0.25) is 0 Å². The van der Waals surface area contributed by atoms with E-state index in [-0.39, 0.29) is 5.92 Å². The Morgan fingerprint density at radius 3 is 2.47 bits per heavy atom. The third-order valence-electron chi connectivity index (χ3n) is 4.02. The quantitative estimate of drug-likeness (QED) is 0.833. The lowest BCUT2D eigenvalue weighted by Gasteiger charge is -2.21. The highest BCUT2D eigenvalue weighted by Gasteiger charge is 2.22. The summed E-state index contributed by atoms with van der Waals surface area (Å²) < 4.78 is 5.46. The van der Waals surface area contributed by atoms with E-state index in [1.54, 1.807) is 7.11 Å². The number of nitriles is 1.